The Labute approximate surface area is 138 Å². The fourth-order valence-electron chi connectivity index (χ4n) is 2.66. The van der Waals surface area contributed by atoms with E-state index in [9.17, 15) is 13.3 Å². The summed E-state index contributed by atoms with van der Waals surface area (Å²) in [5.74, 6) is 0.579. The highest BCUT2D eigenvalue weighted by molar-refractivity contribution is 7.91. The molecule has 3 rings (SSSR count). The number of sulfone groups is 1. The molecule has 0 bridgehead atoms. The lowest BCUT2D eigenvalue weighted by atomic mass is 10.1. The monoisotopic (exact) mass is 353 g/mol. The van der Waals surface area contributed by atoms with Crippen molar-refractivity contribution < 1.29 is 13.2 Å². The van der Waals surface area contributed by atoms with Gasteiger partial charge >= 0.3 is 0 Å². The van der Waals surface area contributed by atoms with E-state index in [-0.39, 0.29) is 34.2 Å². The molecular formula is C14H15N3O4S2. The van der Waals surface area contributed by atoms with Crippen LogP contribution in [0.5, 0.6) is 5.88 Å². The van der Waals surface area contributed by atoms with Gasteiger partial charge in [0.2, 0.25) is 5.88 Å². The minimum atomic E-state index is -2.92. The average molecular weight is 353 g/mol. The first-order chi connectivity index (χ1) is 11.0. The van der Waals surface area contributed by atoms with Crippen molar-refractivity contribution in [3.8, 4) is 5.88 Å². The number of hydrogen-bond acceptors (Lipinski definition) is 6. The molecule has 1 aliphatic heterocycles. The van der Waals surface area contributed by atoms with E-state index in [2.05, 4.69) is 15.5 Å². The smallest absolute Gasteiger partial charge is 0.263 e. The van der Waals surface area contributed by atoms with Crippen LogP contribution in [-0.4, -0.2) is 36.6 Å². The highest BCUT2D eigenvalue weighted by Gasteiger charge is 2.27. The molecule has 0 aliphatic carbocycles. The molecule has 1 saturated heterocycles. The number of nitrogens with one attached hydrogen (secondary N) is 2. The molecule has 1 fully saturated rings. The molecule has 1 aliphatic rings. The van der Waals surface area contributed by atoms with E-state index in [0.29, 0.717) is 18.4 Å². The van der Waals surface area contributed by atoms with Gasteiger partial charge in [-0.25, -0.2) is 8.42 Å². The highest BCUT2D eigenvalue weighted by atomic mass is 32.2. The van der Waals surface area contributed by atoms with E-state index < -0.39 is 9.84 Å². The second kappa shape index (κ2) is 6.25. The fourth-order valence-corrected chi connectivity index (χ4v) is 4.68. The topological polar surface area (TPSA) is 101 Å². The average Bonchev–Trinajstić information content (AvgIpc) is 3.04. The third kappa shape index (κ3) is 3.50. The maximum atomic E-state index is 11.4. The molecule has 122 valence electrons. The molecule has 2 heterocycles. The summed E-state index contributed by atoms with van der Waals surface area (Å²) in [7, 11) is -2.92. The lowest BCUT2D eigenvalue weighted by Crippen LogP contribution is -2.32. The van der Waals surface area contributed by atoms with Gasteiger partial charge in [0.05, 0.1) is 17.0 Å². The van der Waals surface area contributed by atoms with Gasteiger partial charge in [0.1, 0.15) is 0 Å². The molecule has 1 aromatic heterocycles. The zero-order chi connectivity index (χ0) is 16.4. The summed E-state index contributed by atoms with van der Waals surface area (Å²) in [6.45, 7) is 0.419. The number of ether oxygens (including phenoxy) is 1. The lowest BCUT2D eigenvalue weighted by Gasteiger charge is -2.11. The molecule has 2 aromatic rings. The lowest BCUT2D eigenvalue weighted by molar-refractivity contribution is 0.492. The predicted molar refractivity (Wildman–Crippen MR) is 91.7 cm³/mol. The number of hydrogen-bond donors (Lipinski definition) is 2. The largest absolute Gasteiger partial charge is 0.412 e. The van der Waals surface area contributed by atoms with E-state index in [4.69, 9.17) is 17.0 Å². The minimum Gasteiger partial charge on any atom is -0.412 e. The van der Waals surface area contributed by atoms with Gasteiger partial charge in [-0.3, -0.25) is 0 Å². The number of aromatic nitrogens is 1. The Morgan fingerprint density at radius 3 is 2.91 bits per heavy atom. The van der Waals surface area contributed by atoms with Crippen LogP contribution in [0, 0.1) is 10.8 Å². The Morgan fingerprint density at radius 2 is 2.22 bits per heavy atom. The van der Waals surface area contributed by atoms with Gasteiger partial charge in [0.15, 0.2) is 15.5 Å². The summed E-state index contributed by atoms with van der Waals surface area (Å²) in [6, 6.07) is 7.19. The van der Waals surface area contributed by atoms with Crippen LogP contribution < -0.4 is 10.1 Å². The fraction of sp³-hybridized carbons (Fsp3) is 0.357. The quantitative estimate of drug-likeness (QED) is 0.646. The molecule has 2 N–H and O–H groups in total. The molecule has 1 unspecified atom stereocenters. The number of nitroso groups, excluding NO2 is 1. The van der Waals surface area contributed by atoms with Crippen molar-refractivity contribution in [2.45, 2.75) is 6.42 Å². The molecule has 0 spiro atoms. The van der Waals surface area contributed by atoms with Crippen molar-refractivity contribution in [1.29, 1.82) is 0 Å². The van der Waals surface area contributed by atoms with Gasteiger partial charge in [0.25, 0.3) is 5.17 Å². The van der Waals surface area contributed by atoms with Crippen molar-refractivity contribution in [2.24, 2.45) is 11.1 Å². The Hall–Kier alpha value is -2.00. The number of H-pyrrole nitrogens is 1. The molecule has 9 heteroatoms. The highest BCUT2D eigenvalue weighted by Crippen LogP contribution is 2.35. The van der Waals surface area contributed by atoms with Gasteiger partial charge in [-0.2, -0.15) is 0 Å². The number of nitrogens with zero attached hydrogens (tertiary/aromatic N) is 1. The van der Waals surface area contributed by atoms with Gasteiger partial charge < -0.3 is 15.0 Å². The molecular weight excluding hydrogens is 338 g/mol. The molecule has 7 nitrogen and oxygen atoms in total. The number of rotatable bonds is 4. The van der Waals surface area contributed by atoms with Gasteiger partial charge in [0, 0.05) is 11.9 Å². The summed E-state index contributed by atoms with van der Waals surface area (Å²) in [4.78, 5) is 14.0. The van der Waals surface area contributed by atoms with E-state index in [0.717, 1.165) is 5.52 Å². The molecule has 23 heavy (non-hydrogen) atoms. The summed E-state index contributed by atoms with van der Waals surface area (Å²) in [5, 5.41) is 6.61. The normalized spacial score (nSPS) is 19.6. The van der Waals surface area contributed by atoms with E-state index in [1.807, 2.05) is 6.07 Å². The Bertz CT molecular complexity index is 860. The van der Waals surface area contributed by atoms with Crippen molar-refractivity contribution in [1.82, 2.24) is 10.3 Å². The predicted octanol–water partition coefficient (Wildman–Crippen LogP) is 2.25. The molecule has 0 radical (unpaired) electrons. The second-order valence-corrected chi connectivity index (χ2v) is 8.08. The summed E-state index contributed by atoms with van der Waals surface area (Å²) < 4.78 is 28.3. The third-order valence-corrected chi connectivity index (χ3v) is 5.86. The summed E-state index contributed by atoms with van der Waals surface area (Å²) >= 11 is 5.09. The standard InChI is InChI=1S/C14H15N3O4S2/c18-17-12-10-3-1-2-4-11(10)16-13(12)21-14(22)15-7-9-5-6-23(19,20)8-9/h1-4,9,16H,5-8H2,(H,15,22). The van der Waals surface area contributed by atoms with Crippen LogP contribution >= 0.6 is 12.2 Å². The van der Waals surface area contributed by atoms with Crippen molar-refractivity contribution in [3.05, 3.63) is 29.2 Å². The maximum absolute atomic E-state index is 11.4. The number of aromatic amines is 1. The minimum absolute atomic E-state index is 0.0212. The molecule has 0 amide bonds. The zero-order valence-electron chi connectivity index (χ0n) is 12.1. The van der Waals surface area contributed by atoms with Gasteiger partial charge in [-0.05, 0) is 35.8 Å². The third-order valence-electron chi connectivity index (χ3n) is 3.79. The van der Waals surface area contributed by atoms with Crippen molar-refractivity contribution in [3.63, 3.8) is 0 Å². The Balaban J connectivity index is 1.65. The van der Waals surface area contributed by atoms with Gasteiger partial charge in [-0.1, -0.05) is 18.2 Å². The first-order valence-corrected chi connectivity index (χ1v) is 9.31. The SMILES string of the molecule is O=Nc1c(OC(=S)NCC2CCS(=O)(=O)C2)[nH]c2ccccc12. The van der Waals surface area contributed by atoms with E-state index >= 15 is 0 Å². The number of fused-ring (bicyclic) bond motifs is 1. The van der Waals surface area contributed by atoms with Crippen LogP contribution in [0.1, 0.15) is 6.42 Å². The van der Waals surface area contributed by atoms with Crippen LogP contribution in [0.25, 0.3) is 10.9 Å². The zero-order valence-corrected chi connectivity index (χ0v) is 13.7. The molecule has 1 atom stereocenters. The van der Waals surface area contributed by atoms with Crippen LogP contribution in [0.3, 0.4) is 0 Å². The first-order valence-electron chi connectivity index (χ1n) is 7.08. The second-order valence-electron chi connectivity index (χ2n) is 5.48. The molecule has 0 saturated carbocycles. The number of thiocarbonyl (C=S) groups is 1. The van der Waals surface area contributed by atoms with Crippen molar-refractivity contribution >= 4 is 43.8 Å². The van der Waals surface area contributed by atoms with E-state index in [1.54, 1.807) is 18.2 Å². The Morgan fingerprint density at radius 1 is 1.43 bits per heavy atom. The summed E-state index contributed by atoms with van der Waals surface area (Å²) in [5.41, 5.74) is 0.884. The van der Waals surface area contributed by atoms with Gasteiger partial charge in [-0.15, -0.1) is 4.91 Å². The number of para-hydroxylation sites is 1. The van der Waals surface area contributed by atoms with Crippen LogP contribution in [0.2, 0.25) is 0 Å². The number of benzene rings is 1. The van der Waals surface area contributed by atoms with Crippen LogP contribution in [0.15, 0.2) is 29.4 Å². The Kier molecular flexibility index (Phi) is 4.31. The first kappa shape index (κ1) is 15.9. The molecule has 1 aromatic carbocycles. The summed E-state index contributed by atoms with van der Waals surface area (Å²) in [6.07, 6.45) is 0.617. The van der Waals surface area contributed by atoms with E-state index in [1.165, 1.54) is 0 Å². The van der Waals surface area contributed by atoms with Crippen LogP contribution in [0.4, 0.5) is 5.69 Å². The maximum Gasteiger partial charge on any atom is 0.263 e. The van der Waals surface area contributed by atoms with Crippen LogP contribution in [-0.2, 0) is 9.84 Å². The van der Waals surface area contributed by atoms with Crippen molar-refractivity contribution in [2.75, 3.05) is 18.1 Å².